The van der Waals surface area contributed by atoms with Crippen molar-refractivity contribution in [1.82, 2.24) is 4.90 Å². The average Bonchev–Trinajstić information content (AvgIpc) is 2.45. The smallest absolute Gasteiger partial charge is 0.313 e. The normalized spacial score (nSPS) is 10.2. The lowest BCUT2D eigenvalue weighted by molar-refractivity contribution is -0.143. The van der Waals surface area contributed by atoms with Gasteiger partial charge in [0.2, 0.25) is 0 Å². The number of hydrogen-bond donors (Lipinski definition) is 1. The van der Waals surface area contributed by atoms with Crippen molar-refractivity contribution in [3.05, 3.63) is 28.7 Å². The summed E-state index contributed by atoms with van der Waals surface area (Å²) in [5.41, 5.74) is 0.624. The minimum Gasteiger partial charge on any atom is -0.334 e. The van der Waals surface area contributed by atoms with Crippen LogP contribution in [0.15, 0.2) is 28.7 Å². The highest BCUT2D eigenvalue weighted by Crippen LogP contribution is 2.14. The Balaban J connectivity index is 2.63. The van der Waals surface area contributed by atoms with E-state index >= 15 is 0 Å². The van der Waals surface area contributed by atoms with Gasteiger partial charge in [-0.25, -0.2) is 0 Å². The van der Waals surface area contributed by atoms with Gasteiger partial charge in [0, 0.05) is 23.2 Å². The molecule has 0 saturated heterocycles. The standard InChI is InChI=1S/C15H21BrN2O2/c1-3-5-11-18(10-4-2)15(20)14(19)17-13-8-6-12(16)7-9-13/h6-9H,3-5,10-11H2,1-2H3,(H,17,19). The van der Waals surface area contributed by atoms with Crippen LogP contribution in [-0.2, 0) is 9.59 Å². The van der Waals surface area contributed by atoms with Crippen LogP contribution >= 0.6 is 15.9 Å². The molecule has 2 amide bonds. The van der Waals surface area contributed by atoms with Gasteiger partial charge in [-0.15, -0.1) is 0 Å². The summed E-state index contributed by atoms with van der Waals surface area (Å²) in [7, 11) is 0. The highest BCUT2D eigenvalue weighted by atomic mass is 79.9. The molecule has 0 unspecified atom stereocenters. The number of nitrogens with one attached hydrogen (secondary N) is 1. The summed E-state index contributed by atoms with van der Waals surface area (Å²) < 4.78 is 0.928. The molecule has 1 aromatic rings. The average molecular weight is 341 g/mol. The summed E-state index contributed by atoms with van der Waals surface area (Å²) in [6.07, 6.45) is 2.76. The van der Waals surface area contributed by atoms with Gasteiger partial charge in [0.1, 0.15) is 0 Å². The van der Waals surface area contributed by atoms with Gasteiger partial charge in [-0.05, 0) is 37.1 Å². The molecule has 0 saturated carbocycles. The zero-order valence-corrected chi connectivity index (χ0v) is 13.6. The van der Waals surface area contributed by atoms with Crippen molar-refractivity contribution in [3.8, 4) is 0 Å². The molecular weight excluding hydrogens is 320 g/mol. The number of carbonyl (C=O) groups is 2. The molecule has 0 fully saturated rings. The molecule has 0 bridgehead atoms. The second-order valence-electron chi connectivity index (χ2n) is 4.61. The Bertz CT molecular complexity index is 446. The Morgan fingerprint density at radius 1 is 1.10 bits per heavy atom. The highest BCUT2D eigenvalue weighted by molar-refractivity contribution is 9.10. The van der Waals surface area contributed by atoms with Crippen LogP contribution in [0.4, 0.5) is 5.69 Å². The Kier molecular flexibility index (Phi) is 7.30. The Morgan fingerprint density at radius 2 is 1.75 bits per heavy atom. The van der Waals surface area contributed by atoms with Gasteiger partial charge < -0.3 is 10.2 Å². The number of nitrogens with zero attached hydrogens (tertiary/aromatic N) is 1. The quantitative estimate of drug-likeness (QED) is 0.806. The van der Waals surface area contributed by atoms with Gasteiger partial charge in [0.25, 0.3) is 0 Å². The lowest BCUT2D eigenvalue weighted by atomic mass is 10.2. The van der Waals surface area contributed by atoms with E-state index < -0.39 is 11.8 Å². The van der Waals surface area contributed by atoms with Gasteiger partial charge >= 0.3 is 11.8 Å². The lowest BCUT2D eigenvalue weighted by Crippen LogP contribution is -2.40. The maximum atomic E-state index is 12.1. The summed E-state index contributed by atoms with van der Waals surface area (Å²) in [6.45, 7) is 5.32. The Labute approximate surface area is 128 Å². The minimum absolute atomic E-state index is 0.455. The monoisotopic (exact) mass is 340 g/mol. The molecule has 1 N–H and O–H groups in total. The van der Waals surface area contributed by atoms with E-state index in [1.165, 1.54) is 0 Å². The number of halogens is 1. The summed E-state index contributed by atoms with van der Waals surface area (Å²) >= 11 is 3.32. The Hall–Kier alpha value is -1.36. The van der Waals surface area contributed by atoms with Crippen LogP contribution in [0.1, 0.15) is 33.1 Å². The van der Waals surface area contributed by atoms with Crippen LogP contribution < -0.4 is 5.32 Å². The predicted octanol–water partition coefficient (Wildman–Crippen LogP) is 3.43. The third-order valence-electron chi connectivity index (χ3n) is 2.86. The first-order chi connectivity index (χ1) is 9.58. The van der Waals surface area contributed by atoms with Crippen molar-refractivity contribution in [2.45, 2.75) is 33.1 Å². The van der Waals surface area contributed by atoms with Crippen molar-refractivity contribution in [1.29, 1.82) is 0 Å². The fraction of sp³-hybridized carbons (Fsp3) is 0.467. The number of anilines is 1. The fourth-order valence-electron chi connectivity index (χ4n) is 1.80. The molecule has 110 valence electrons. The molecule has 0 atom stereocenters. The molecular formula is C15H21BrN2O2. The van der Waals surface area contributed by atoms with E-state index in [1.807, 2.05) is 19.1 Å². The molecule has 0 aliphatic heterocycles. The lowest BCUT2D eigenvalue weighted by Gasteiger charge is -2.21. The van der Waals surface area contributed by atoms with E-state index in [0.717, 1.165) is 23.7 Å². The highest BCUT2D eigenvalue weighted by Gasteiger charge is 2.20. The van der Waals surface area contributed by atoms with Crippen molar-refractivity contribution < 1.29 is 9.59 Å². The Morgan fingerprint density at radius 3 is 2.30 bits per heavy atom. The maximum Gasteiger partial charge on any atom is 0.313 e. The van der Waals surface area contributed by atoms with Crippen molar-refractivity contribution in [2.24, 2.45) is 0 Å². The number of carbonyl (C=O) groups excluding carboxylic acids is 2. The minimum atomic E-state index is -0.572. The molecule has 1 aromatic carbocycles. The predicted molar refractivity (Wildman–Crippen MR) is 84.6 cm³/mol. The van der Waals surface area contributed by atoms with Crippen molar-refractivity contribution in [2.75, 3.05) is 18.4 Å². The van der Waals surface area contributed by atoms with E-state index in [2.05, 4.69) is 28.2 Å². The van der Waals surface area contributed by atoms with Gasteiger partial charge in [-0.2, -0.15) is 0 Å². The zero-order chi connectivity index (χ0) is 15.0. The van der Waals surface area contributed by atoms with Gasteiger partial charge in [-0.1, -0.05) is 36.2 Å². The van der Waals surface area contributed by atoms with Crippen molar-refractivity contribution in [3.63, 3.8) is 0 Å². The van der Waals surface area contributed by atoms with Crippen molar-refractivity contribution >= 4 is 33.4 Å². The molecule has 5 heteroatoms. The SMILES string of the molecule is CCCCN(CCC)C(=O)C(=O)Nc1ccc(Br)cc1. The zero-order valence-electron chi connectivity index (χ0n) is 12.0. The summed E-state index contributed by atoms with van der Waals surface area (Å²) in [5.74, 6) is -1.03. The van der Waals surface area contributed by atoms with Crippen LogP contribution in [0.2, 0.25) is 0 Å². The van der Waals surface area contributed by atoms with Gasteiger partial charge in [0.15, 0.2) is 0 Å². The fourth-order valence-corrected chi connectivity index (χ4v) is 2.06. The molecule has 1 rings (SSSR count). The number of benzene rings is 1. The first-order valence-corrected chi connectivity index (χ1v) is 7.73. The summed E-state index contributed by atoms with van der Waals surface area (Å²) in [4.78, 5) is 25.7. The van der Waals surface area contributed by atoms with E-state index in [9.17, 15) is 9.59 Å². The number of hydrogen-bond acceptors (Lipinski definition) is 2. The third kappa shape index (κ3) is 5.33. The number of unbranched alkanes of at least 4 members (excludes halogenated alkanes) is 1. The molecule has 4 nitrogen and oxygen atoms in total. The molecule has 0 radical (unpaired) electrons. The third-order valence-corrected chi connectivity index (χ3v) is 3.39. The van der Waals surface area contributed by atoms with Crippen LogP contribution in [-0.4, -0.2) is 29.8 Å². The van der Waals surface area contributed by atoms with E-state index in [-0.39, 0.29) is 0 Å². The second-order valence-corrected chi connectivity index (χ2v) is 5.52. The second kappa shape index (κ2) is 8.74. The van der Waals surface area contributed by atoms with Crippen LogP contribution in [0.25, 0.3) is 0 Å². The van der Waals surface area contributed by atoms with Crippen LogP contribution in [0.5, 0.6) is 0 Å². The molecule has 0 spiro atoms. The largest absolute Gasteiger partial charge is 0.334 e. The number of rotatable bonds is 6. The first-order valence-electron chi connectivity index (χ1n) is 6.94. The molecule has 20 heavy (non-hydrogen) atoms. The van der Waals surface area contributed by atoms with E-state index in [4.69, 9.17) is 0 Å². The molecule has 0 aliphatic rings. The van der Waals surface area contributed by atoms with Crippen LogP contribution in [0.3, 0.4) is 0 Å². The van der Waals surface area contributed by atoms with Gasteiger partial charge in [0.05, 0.1) is 0 Å². The van der Waals surface area contributed by atoms with Crippen LogP contribution in [0, 0.1) is 0 Å². The molecule has 0 aromatic heterocycles. The van der Waals surface area contributed by atoms with E-state index in [0.29, 0.717) is 18.8 Å². The topological polar surface area (TPSA) is 49.4 Å². The summed E-state index contributed by atoms with van der Waals surface area (Å²) in [6, 6.07) is 7.15. The summed E-state index contributed by atoms with van der Waals surface area (Å²) in [5, 5.41) is 2.63. The number of amides is 2. The van der Waals surface area contributed by atoms with Gasteiger partial charge in [-0.3, -0.25) is 9.59 Å². The maximum absolute atomic E-state index is 12.1. The molecule has 0 aliphatic carbocycles. The van der Waals surface area contributed by atoms with E-state index in [1.54, 1.807) is 17.0 Å². The molecule has 0 heterocycles. The first kappa shape index (κ1) is 16.7.